The fourth-order valence-corrected chi connectivity index (χ4v) is 1.20. The van der Waals surface area contributed by atoms with Gasteiger partial charge < -0.3 is 21.1 Å². The lowest BCUT2D eigenvalue weighted by Gasteiger charge is -2.07. The van der Waals surface area contributed by atoms with E-state index >= 15 is 0 Å². The van der Waals surface area contributed by atoms with Crippen molar-refractivity contribution in [1.82, 2.24) is 10.6 Å². The second-order valence-electron chi connectivity index (χ2n) is 3.59. The van der Waals surface area contributed by atoms with Gasteiger partial charge >= 0.3 is 0 Å². The third-order valence-corrected chi connectivity index (χ3v) is 2.07. The van der Waals surface area contributed by atoms with Crippen molar-refractivity contribution in [1.29, 1.82) is 0 Å². The third kappa shape index (κ3) is 5.20. The number of benzene rings is 1. The molecule has 0 aliphatic heterocycles. The van der Waals surface area contributed by atoms with Crippen molar-refractivity contribution >= 4 is 17.5 Å². The maximum atomic E-state index is 11.4. The number of anilines is 1. The smallest absolute Gasteiger partial charge is 0.258 e. The zero-order chi connectivity index (χ0) is 13.4. The highest BCUT2D eigenvalue weighted by Crippen LogP contribution is 2.12. The van der Waals surface area contributed by atoms with Crippen LogP contribution in [0.5, 0.6) is 5.75 Å². The molecule has 0 saturated heterocycles. The van der Waals surface area contributed by atoms with Gasteiger partial charge in [-0.2, -0.15) is 0 Å². The number of nitrogen functional groups attached to an aromatic ring is 1. The topological polar surface area (TPSA) is 93.5 Å². The number of nitrogens with two attached hydrogens (primary N) is 1. The summed E-state index contributed by atoms with van der Waals surface area (Å²) in [6, 6.07) is 6.71. The predicted octanol–water partition coefficient (Wildman–Crippen LogP) is -0.100. The summed E-state index contributed by atoms with van der Waals surface area (Å²) in [6.07, 6.45) is 0. The second-order valence-corrected chi connectivity index (χ2v) is 3.59. The number of ether oxygens (including phenoxy) is 1. The Morgan fingerprint density at radius 2 is 1.83 bits per heavy atom. The molecule has 0 atom stereocenters. The minimum absolute atomic E-state index is 0.0439. The van der Waals surface area contributed by atoms with Crippen LogP contribution in [0, 0.1) is 0 Å². The fraction of sp³-hybridized carbons (Fsp3) is 0.333. The Morgan fingerprint density at radius 1 is 1.17 bits per heavy atom. The molecule has 0 fully saturated rings. The van der Waals surface area contributed by atoms with Crippen LogP contribution in [0.2, 0.25) is 0 Å². The minimum atomic E-state index is -0.349. The Morgan fingerprint density at radius 3 is 2.44 bits per heavy atom. The Kier molecular flexibility index (Phi) is 5.50. The highest BCUT2D eigenvalue weighted by atomic mass is 16.5. The lowest BCUT2D eigenvalue weighted by atomic mass is 10.3. The van der Waals surface area contributed by atoms with Gasteiger partial charge in [-0.15, -0.1) is 0 Å². The molecule has 0 unspecified atom stereocenters. The Balaban J connectivity index is 2.24. The maximum absolute atomic E-state index is 11.4. The van der Waals surface area contributed by atoms with Gasteiger partial charge in [0.15, 0.2) is 6.61 Å². The van der Waals surface area contributed by atoms with Crippen molar-refractivity contribution in [2.24, 2.45) is 0 Å². The molecule has 0 radical (unpaired) electrons. The monoisotopic (exact) mass is 251 g/mol. The first kappa shape index (κ1) is 13.8. The van der Waals surface area contributed by atoms with Gasteiger partial charge in [0.25, 0.3) is 5.91 Å². The normalized spacial score (nSPS) is 9.61. The molecular weight excluding hydrogens is 234 g/mol. The summed E-state index contributed by atoms with van der Waals surface area (Å²) in [4.78, 5) is 22.4. The van der Waals surface area contributed by atoms with E-state index in [1.54, 1.807) is 24.3 Å². The van der Waals surface area contributed by atoms with E-state index in [1.807, 2.05) is 6.92 Å². The summed E-state index contributed by atoms with van der Waals surface area (Å²) in [5, 5.41) is 5.02. The molecule has 6 nitrogen and oxygen atoms in total. The van der Waals surface area contributed by atoms with Gasteiger partial charge in [0.2, 0.25) is 5.91 Å². The molecule has 4 N–H and O–H groups in total. The van der Waals surface area contributed by atoms with Crippen LogP contribution in [-0.2, 0) is 9.59 Å². The lowest BCUT2D eigenvalue weighted by Crippen LogP contribution is -2.38. The van der Waals surface area contributed by atoms with E-state index in [-0.39, 0.29) is 25.0 Å². The van der Waals surface area contributed by atoms with Crippen molar-refractivity contribution in [2.75, 3.05) is 25.4 Å². The van der Waals surface area contributed by atoms with Crippen LogP contribution < -0.4 is 21.1 Å². The van der Waals surface area contributed by atoms with E-state index < -0.39 is 0 Å². The Labute approximate surface area is 105 Å². The molecule has 0 aliphatic carbocycles. The summed E-state index contributed by atoms with van der Waals surface area (Å²) in [5.41, 5.74) is 6.14. The molecule has 1 rings (SSSR count). The maximum Gasteiger partial charge on any atom is 0.258 e. The van der Waals surface area contributed by atoms with E-state index in [9.17, 15) is 9.59 Å². The average Bonchev–Trinajstić information content (AvgIpc) is 2.36. The molecule has 98 valence electrons. The molecule has 6 heteroatoms. The number of carbonyl (C=O) groups excluding carboxylic acids is 2. The van der Waals surface area contributed by atoms with Gasteiger partial charge in [0.05, 0.1) is 6.54 Å². The highest BCUT2D eigenvalue weighted by molar-refractivity contribution is 5.85. The summed E-state index contributed by atoms with van der Waals surface area (Å²) < 4.78 is 5.22. The molecule has 0 saturated carbocycles. The van der Waals surface area contributed by atoms with Crippen molar-refractivity contribution in [3.05, 3.63) is 24.3 Å². The number of likely N-dealkylation sites (N-methyl/N-ethyl adjacent to an activating group) is 1. The molecule has 0 aromatic heterocycles. The van der Waals surface area contributed by atoms with Crippen molar-refractivity contribution < 1.29 is 14.3 Å². The first-order valence-electron chi connectivity index (χ1n) is 5.63. The van der Waals surface area contributed by atoms with E-state index in [0.29, 0.717) is 18.0 Å². The summed E-state index contributed by atoms with van der Waals surface area (Å²) in [5.74, 6) is -0.0197. The van der Waals surface area contributed by atoms with Crippen LogP contribution in [0.25, 0.3) is 0 Å². The van der Waals surface area contributed by atoms with Crippen LogP contribution >= 0.6 is 0 Å². The summed E-state index contributed by atoms with van der Waals surface area (Å²) >= 11 is 0. The summed E-state index contributed by atoms with van der Waals surface area (Å²) in [7, 11) is 0. The zero-order valence-corrected chi connectivity index (χ0v) is 10.2. The number of hydrogen-bond donors (Lipinski definition) is 3. The third-order valence-electron chi connectivity index (χ3n) is 2.07. The molecule has 1 aromatic rings. The lowest BCUT2D eigenvalue weighted by molar-refractivity contribution is -0.127. The molecule has 0 aliphatic rings. The molecule has 0 bridgehead atoms. The SMILES string of the molecule is CCNC(=O)CNC(=O)COc1ccc(N)cc1. The Hall–Kier alpha value is -2.24. The first-order valence-corrected chi connectivity index (χ1v) is 5.63. The van der Waals surface area contributed by atoms with Crippen LogP contribution in [0.1, 0.15) is 6.92 Å². The highest BCUT2D eigenvalue weighted by Gasteiger charge is 2.05. The number of carbonyl (C=O) groups is 2. The van der Waals surface area contributed by atoms with Gasteiger partial charge in [0, 0.05) is 12.2 Å². The minimum Gasteiger partial charge on any atom is -0.484 e. The standard InChI is InChI=1S/C12H17N3O3/c1-2-14-11(16)7-15-12(17)8-18-10-5-3-9(13)4-6-10/h3-6H,2,7-8,13H2,1H3,(H,14,16)(H,15,17). The van der Waals surface area contributed by atoms with E-state index in [2.05, 4.69) is 10.6 Å². The van der Waals surface area contributed by atoms with E-state index in [1.165, 1.54) is 0 Å². The number of amides is 2. The van der Waals surface area contributed by atoms with Crippen molar-refractivity contribution in [3.8, 4) is 5.75 Å². The molecule has 2 amide bonds. The van der Waals surface area contributed by atoms with Gasteiger partial charge in [-0.1, -0.05) is 0 Å². The second kappa shape index (κ2) is 7.16. The van der Waals surface area contributed by atoms with Gasteiger partial charge in [0.1, 0.15) is 5.75 Å². The van der Waals surface area contributed by atoms with Crippen molar-refractivity contribution in [3.63, 3.8) is 0 Å². The van der Waals surface area contributed by atoms with Gasteiger partial charge in [-0.25, -0.2) is 0 Å². The first-order chi connectivity index (χ1) is 8.61. The quantitative estimate of drug-likeness (QED) is 0.615. The summed E-state index contributed by atoms with van der Waals surface area (Å²) in [6.45, 7) is 2.17. The number of rotatable bonds is 6. The largest absolute Gasteiger partial charge is 0.484 e. The number of hydrogen-bond acceptors (Lipinski definition) is 4. The molecule has 0 spiro atoms. The van der Waals surface area contributed by atoms with Gasteiger partial charge in [-0.3, -0.25) is 9.59 Å². The Bertz CT molecular complexity index is 404. The average molecular weight is 251 g/mol. The van der Waals surface area contributed by atoms with E-state index in [4.69, 9.17) is 10.5 Å². The predicted molar refractivity (Wildman–Crippen MR) is 68.0 cm³/mol. The van der Waals surface area contributed by atoms with E-state index in [0.717, 1.165) is 0 Å². The molecular formula is C12H17N3O3. The van der Waals surface area contributed by atoms with Gasteiger partial charge in [-0.05, 0) is 31.2 Å². The van der Waals surface area contributed by atoms with Crippen molar-refractivity contribution in [2.45, 2.75) is 6.92 Å². The molecule has 0 heterocycles. The van der Waals surface area contributed by atoms with Crippen LogP contribution in [0.3, 0.4) is 0 Å². The number of nitrogens with one attached hydrogen (secondary N) is 2. The van der Waals surface area contributed by atoms with Crippen LogP contribution in [0.15, 0.2) is 24.3 Å². The molecule has 18 heavy (non-hydrogen) atoms. The molecule has 1 aromatic carbocycles. The zero-order valence-electron chi connectivity index (χ0n) is 10.2. The van der Waals surface area contributed by atoms with Crippen LogP contribution in [0.4, 0.5) is 5.69 Å². The van der Waals surface area contributed by atoms with Crippen LogP contribution in [-0.4, -0.2) is 31.5 Å². The fourth-order valence-electron chi connectivity index (χ4n) is 1.20.